The van der Waals surface area contributed by atoms with Gasteiger partial charge in [-0.2, -0.15) is 0 Å². The zero-order chi connectivity index (χ0) is 26.0. The molecule has 192 valence electrons. The summed E-state index contributed by atoms with van der Waals surface area (Å²) in [6.45, 7) is 0.257. The maximum absolute atomic E-state index is 12.2. The first-order valence-corrected chi connectivity index (χ1v) is 12.5. The maximum Gasteiger partial charge on any atom is 0.338 e. The normalized spacial score (nSPS) is 13.8. The molecule has 0 heterocycles. The van der Waals surface area contributed by atoms with Crippen LogP contribution in [0.25, 0.3) is 6.08 Å². The molecule has 7 heteroatoms. The molecule has 1 fully saturated rings. The fourth-order valence-electron chi connectivity index (χ4n) is 4.41. The summed E-state index contributed by atoms with van der Waals surface area (Å²) in [7, 11) is 0. The molecule has 0 atom stereocenters. The minimum absolute atomic E-state index is 0.0721. The van der Waals surface area contributed by atoms with Gasteiger partial charge in [-0.3, -0.25) is 0 Å². The molecule has 0 unspecified atom stereocenters. The van der Waals surface area contributed by atoms with Crippen LogP contribution >= 0.6 is 0 Å². The third kappa shape index (κ3) is 7.87. The van der Waals surface area contributed by atoms with Crippen molar-refractivity contribution in [3.8, 4) is 11.5 Å². The van der Waals surface area contributed by atoms with Crippen molar-refractivity contribution >= 4 is 29.4 Å². The largest absolute Gasteiger partial charge is 0.490 e. The van der Waals surface area contributed by atoms with E-state index in [2.05, 4.69) is 12.1 Å². The van der Waals surface area contributed by atoms with Crippen LogP contribution in [0.5, 0.6) is 11.5 Å². The quantitative estimate of drug-likeness (QED) is 0.126. The van der Waals surface area contributed by atoms with Gasteiger partial charge in [-0.25, -0.2) is 9.59 Å². The van der Waals surface area contributed by atoms with Gasteiger partial charge in [-0.15, -0.1) is 0 Å². The molecule has 37 heavy (non-hydrogen) atoms. The van der Waals surface area contributed by atoms with Crippen LogP contribution < -0.4 is 20.9 Å². The number of esters is 2. The third-order valence-corrected chi connectivity index (χ3v) is 6.27. The van der Waals surface area contributed by atoms with Gasteiger partial charge in [0.15, 0.2) is 0 Å². The average molecular weight is 501 g/mol. The molecule has 3 aromatic rings. The van der Waals surface area contributed by atoms with Gasteiger partial charge in [-0.1, -0.05) is 43.5 Å². The standard InChI is InChI=1S/C30H32N2O5/c31-25-18-24(19-26(32)20-25)30(34)36-17-16-35-27-11-6-21(7-12-27)8-15-29(33)37-28-13-9-23(10-14-28)22-4-2-1-3-5-22/h6-15,18-20,22H,1-5,16-17,31-32H2/b15-8+. The van der Waals surface area contributed by atoms with E-state index in [0.717, 1.165) is 5.56 Å². The van der Waals surface area contributed by atoms with Crippen molar-refractivity contribution in [2.75, 3.05) is 24.7 Å². The second-order valence-corrected chi connectivity index (χ2v) is 9.10. The van der Waals surface area contributed by atoms with Gasteiger partial charge in [0.25, 0.3) is 0 Å². The molecule has 3 aromatic carbocycles. The smallest absolute Gasteiger partial charge is 0.338 e. The Morgan fingerprint density at radius 3 is 2.14 bits per heavy atom. The van der Waals surface area contributed by atoms with Crippen LogP contribution in [0.3, 0.4) is 0 Å². The van der Waals surface area contributed by atoms with Crippen molar-refractivity contribution in [3.63, 3.8) is 0 Å². The lowest BCUT2D eigenvalue weighted by molar-refractivity contribution is -0.128. The zero-order valence-electron chi connectivity index (χ0n) is 20.7. The number of benzene rings is 3. The predicted molar refractivity (Wildman–Crippen MR) is 144 cm³/mol. The van der Waals surface area contributed by atoms with Crippen LogP contribution in [0, 0.1) is 0 Å². The number of nitrogens with two attached hydrogens (primary N) is 2. The highest BCUT2D eigenvalue weighted by molar-refractivity contribution is 5.91. The maximum atomic E-state index is 12.2. The Morgan fingerprint density at radius 1 is 0.811 bits per heavy atom. The third-order valence-electron chi connectivity index (χ3n) is 6.27. The molecule has 0 aliphatic heterocycles. The van der Waals surface area contributed by atoms with E-state index in [1.54, 1.807) is 24.3 Å². The number of rotatable bonds is 9. The van der Waals surface area contributed by atoms with E-state index in [-0.39, 0.29) is 13.2 Å². The number of carbonyl (C=O) groups excluding carboxylic acids is 2. The van der Waals surface area contributed by atoms with Crippen molar-refractivity contribution in [2.45, 2.75) is 38.0 Å². The highest BCUT2D eigenvalue weighted by atomic mass is 16.6. The molecular formula is C30H32N2O5. The van der Waals surface area contributed by atoms with Crippen LogP contribution in [0.2, 0.25) is 0 Å². The SMILES string of the molecule is Nc1cc(N)cc(C(=O)OCCOc2ccc(/C=C/C(=O)Oc3ccc(C4CCCCC4)cc3)cc2)c1. The molecule has 7 nitrogen and oxygen atoms in total. The molecule has 0 spiro atoms. The Kier molecular flexibility index (Phi) is 8.81. The molecule has 1 aliphatic carbocycles. The van der Waals surface area contributed by atoms with Gasteiger partial charge in [0.05, 0.1) is 5.56 Å². The first-order valence-electron chi connectivity index (χ1n) is 12.5. The van der Waals surface area contributed by atoms with Gasteiger partial charge >= 0.3 is 11.9 Å². The Balaban J connectivity index is 1.19. The summed E-state index contributed by atoms with van der Waals surface area (Å²) in [5.41, 5.74) is 14.6. The number of nitrogen functional groups attached to an aromatic ring is 2. The summed E-state index contributed by atoms with van der Waals surface area (Å²) in [6.07, 6.45) is 9.45. The number of hydrogen-bond donors (Lipinski definition) is 2. The lowest BCUT2D eigenvalue weighted by Crippen LogP contribution is -2.13. The predicted octanol–water partition coefficient (Wildman–Crippen LogP) is 5.75. The summed E-state index contributed by atoms with van der Waals surface area (Å²) >= 11 is 0. The van der Waals surface area contributed by atoms with Crippen molar-refractivity contribution < 1.29 is 23.8 Å². The molecule has 0 aromatic heterocycles. The van der Waals surface area contributed by atoms with Gasteiger partial charge < -0.3 is 25.7 Å². The molecule has 0 bridgehead atoms. The molecule has 0 amide bonds. The summed E-state index contributed by atoms with van der Waals surface area (Å²) < 4.78 is 16.2. The molecular weight excluding hydrogens is 468 g/mol. The van der Waals surface area contributed by atoms with E-state index in [1.165, 1.54) is 55.9 Å². The van der Waals surface area contributed by atoms with Crippen molar-refractivity contribution in [1.82, 2.24) is 0 Å². The summed E-state index contributed by atoms with van der Waals surface area (Å²) in [6, 6.07) is 19.6. The lowest BCUT2D eigenvalue weighted by Gasteiger charge is -2.21. The molecule has 4 rings (SSSR count). The zero-order valence-corrected chi connectivity index (χ0v) is 20.7. The van der Waals surface area contributed by atoms with E-state index < -0.39 is 11.9 Å². The van der Waals surface area contributed by atoms with E-state index in [9.17, 15) is 9.59 Å². The van der Waals surface area contributed by atoms with Gasteiger partial charge in [-0.05, 0) is 78.4 Å². The van der Waals surface area contributed by atoms with Crippen LogP contribution in [0.4, 0.5) is 11.4 Å². The minimum atomic E-state index is -0.518. The Bertz CT molecular complexity index is 1210. The van der Waals surface area contributed by atoms with E-state index in [1.807, 2.05) is 24.3 Å². The van der Waals surface area contributed by atoms with Crippen LogP contribution in [0.15, 0.2) is 72.8 Å². The average Bonchev–Trinajstić information content (AvgIpc) is 2.91. The van der Waals surface area contributed by atoms with Crippen molar-refractivity contribution in [1.29, 1.82) is 0 Å². The minimum Gasteiger partial charge on any atom is -0.490 e. The second kappa shape index (κ2) is 12.6. The van der Waals surface area contributed by atoms with Crippen LogP contribution in [0.1, 0.15) is 59.5 Å². The summed E-state index contributed by atoms with van der Waals surface area (Å²) in [5, 5.41) is 0. The fraction of sp³-hybridized carbons (Fsp3) is 0.267. The Hall–Kier alpha value is -4.26. The highest BCUT2D eigenvalue weighted by Gasteiger charge is 2.15. The number of hydrogen-bond acceptors (Lipinski definition) is 7. The molecule has 0 radical (unpaired) electrons. The van der Waals surface area contributed by atoms with Crippen LogP contribution in [-0.2, 0) is 9.53 Å². The fourth-order valence-corrected chi connectivity index (χ4v) is 4.41. The van der Waals surface area contributed by atoms with Crippen molar-refractivity contribution in [3.05, 3.63) is 89.5 Å². The van der Waals surface area contributed by atoms with Crippen molar-refractivity contribution in [2.24, 2.45) is 0 Å². The molecule has 0 saturated heterocycles. The summed E-state index contributed by atoms with van der Waals surface area (Å²) in [4.78, 5) is 24.3. The Morgan fingerprint density at radius 2 is 1.46 bits per heavy atom. The van der Waals surface area contributed by atoms with Crippen LogP contribution in [-0.4, -0.2) is 25.2 Å². The van der Waals surface area contributed by atoms with E-state index in [4.69, 9.17) is 25.7 Å². The van der Waals surface area contributed by atoms with E-state index in [0.29, 0.717) is 34.4 Å². The molecule has 1 saturated carbocycles. The summed E-state index contributed by atoms with van der Waals surface area (Å²) in [5.74, 6) is 0.818. The van der Waals surface area contributed by atoms with Gasteiger partial charge in [0.2, 0.25) is 0 Å². The number of ether oxygens (including phenoxy) is 3. The van der Waals surface area contributed by atoms with E-state index >= 15 is 0 Å². The monoisotopic (exact) mass is 500 g/mol. The first-order chi connectivity index (χ1) is 18.0. The van der Waals surface area contributed by atoms with Gasteiger partial charge in [0.1, 0.15) is 24.7 Å². The molecule has 4 N–H and O–H groups in total. The molecule has 1 aliphatic rings. The number of anilines is 2. The van der Waals surface area contributed by atoms with Gasteiger partial charge in [0, 0.05) is 17.5 Å². The second-order valence-electron chi connectivity index (χ2n) is 9.10. The topological polar surface area (TPSA) is 114 Å². The highest BCUT2D eigenvalue weighted by Crippen LogP contribution is 2.33. The first kappa shape index (κ1) is 25.8. The Labute approximate surface area is 217 Å². The lowest BCUT2D eigenvalue weighted by atomic mass is 9.84. The number of carbonyl (C=O) groups is 2.